The molecule has 12 heteroatoms. The van der Waals surface area contributed by atoms with Crippen molar-refractivity contribution in [2.45, 2.75) is 102 Å². The van der Waals surface area contributed by atoms with Gasteiger partial charge in [-0.3, -0.25) is 0 Å². The number of phenolic OH excluding ortho intramolecular Hbond substituents is 1. The Bertz CT molecular complexity index is 1790. The Kier molecular flexibility index (Phi) is 10.4. The Hall–Kier alpha value is -4.29. The number of unbranched alkanes of at least 4 members (excludes halogenated alkanes) is 2. The minimum atomic E-state index is -0.465. The first-order valence-electron chi connectivity index (χ1n) is 18.9. The van der Waals surface area contributed by atoms with Crippen LogP contribution >= 0.6 is 0 Å². The molecule has 3 aromatic heterocycles. The molecule has 1 aromatic carbocycles. The van der Waals surface area contributed by atoms with Crippen LogP contribution in [0.4, 0.5) is 10.7 Å². The topological polar surface area (TPSA) is 150 Å². The second kappa shape index (κ2) is 15.1. The number of amides is 1. The lowest BCUT2D eigenvalue weighted by molar-refractivity contribution is 0.0127. The summed E-state index contributed by atoms with van der Waals surface area (Å²) in [6.07, 6.45) is 13.0. The maximum absolute atomic E-state index is 12.5. The number of anilines is 1. The van der Waals surface area contributed by atoms with E-state index in [1.165, 1.54) is 16.8 Å². The lowest BCUT2D eigenvalue weighted by Crippen LogP contribution is -2.49. The maximum Gasteiger partial charge on any atom is 0.410 e. The number of aromatic nitrogens is 5. The summed E-state index contributed by atoms with van der Waals surface area (Å²) in [6.45, 7) is 10.9. The Morgan fingerprint density at radius 2 is 1.73 bits per heavy atom. The van der Waals surface area contributed by atoms with E-state index in [0.29, 0.717) is 29.8 Å². The Balaban J connectivity index is 1.03. The number of nitrogens with two attached hydrogens (primary N) is 1. The van der Waals surface area contributed by atoms with Crippen LogP contribution in [-0.2, 0) is 11.2 Å². The van der Waals surface area contributed by atoms with Gasteiger partial charge < -0.3 is 35.3 Å². The second-order valence-electron chi connectivity index (χ2n) is 15.4. The maximum atomic E-state index is 12.5. The summed E-state index contributed by atoms with van der Waals surface area (Å²) >= 11 is 0. The number of ether oxygens (including phenoxy) is 1. The zero-order valence-corrected chi connectivity index (χ0v) is 30.4. The fourth-order valence-electron chi connectivity index (χ4n) is 8.23. The van der Waals surface area contributed by atoms with Crippen molar-refractivity contribution in [3.05, 3.63) is 59.5 Å². The van der Waals surface area contributed by atoms with E-state index < -0.39 is 5.60 Å². The van der Waals surface area contributed by atoms with Crippen molar-refractivity contribution < 1.29 is 14.6 Å². The number of phenols is 1. The Morgan fingerprint density at radius 1 is 0.980 bits per heavy atom. The van der Waals surface area contributed by atoms with Gasteiger partial charge in [0.2, 0.25) is 5.95 Å². The molecule has 1 atom stereocenters. The van der Waals surface area contributed by atoms with Gasteiger partial charge >= 0.3 is 6.09 Å². The largest absolute Gasteiger partial charge is 0.507 e. The molecule has 0 unspecified atom stereocenters. The van der Waals surface area contributed by atoms with Gasteiger partial charge in [0.05, 0.1) is 11.7 Å². The lowest BCUT2D eigenvalue weighted by Gasteiger charge is -2.42. The van der Waals surface area contributed by atoms with Gasteiger partial charge in [0.15, 0.2) is 5.65 Å². The fraction of sp³-hybridized carbons (Fsp3) is 0.564. The minimum Gasteiger partial charge on any atom is -0.507 e. The third-order valence-corrected chi connectivity index (χ3v) is 10.9. The van der Waals surface area contributed by atoms with Gasteiger partial charge in [0, 0.05) is 66.7 Å². The number of rotatable bonds is 9. The van der Waals surface area contributed by atoms with E-state index in [1.54, 1.807) is 6.07 Å². The highest BCUT2D eigenvalue weighted by molar-refractivity contribution is 5.86. The van der Waals surface area contributed by atoms with Crippen LogP contribution in [0.15, 0.2) is 42.7 Å². The number of aromatic amines is 1. The molecule has 12 nitrogen and oxygen atoms in total. The molecule has 0 saturated carbocycles. The van der Waals surface area contributed by atoms with Crippen LogP contribution in [0.1, 0.15) is 101 Å². The molecule has 6 heterocycles. The summed E-state index contributed by atoms with van der Waals surface area (Å²) in [5, 5.41) is 20.6. The van der Waals surface area contributed by atoms with E-state index in [0.717, 1.165) is 107 Å². The molecule has 4 N–H and O–H groups in total. The molecule has 2 fully saturated rings. The number of hydrogen-bond donors (Lipinski definition) is 3. The highest BCUT2D eigenvalue weighted by Crippen LogP contribution is 2.41. The molecule has 4 aromatic rings. The van der Waals surface area contributed by atoms with Gasteiger partial charge in [-0.15, -0.1) is 10.2 Å². The van der Waals surface area contributed by atoms with Crippen molar-refractivity contribution in [3.63, 3.8) is 0 Å². The molecule has 1 amide bonds. The van der Waals surface area contributed by atoms with E-state index in [1.807, 2.05) is 43.9 Å². The molecule has 0 aliphatic carbocycles. The average Bonchev–Trinajstić information content (AvgIpc) is 3.51. The molecule has 2 saturated heterocycles. The summed E-state index contributed by atoms with van der Waals surface area (Å²) < 4.78 is 5.59. The van der Waals surface area contributed by atoms with Crippen molar-refractivity contribution in [1.29, 1.82) is 0 Å². The zero-order chi connectivity index (χ0) is 35.5. The minimum absolute atomic E-state index is 0.0810. The van der Waals surface area contributed by atoms with E-state index in [2.05, 4.69) is 43.4 Å². The standard InChI is InChI=1S/C39H53N9O3/c1-39(2,3)51-38(50)47-20-14-28(15-21-47)46-18-12-26(13-19-46)27-24-41-37(42-25-27)48-22-16-31-35(33(48)10-5-4-8-17-40)30-23-32(44-45-36(30)43-31)29-9-6-7-11-34(29)49/h6-7,9,11,23-26,28,33,49H,4-5,8,10,12-22,40H2,1-3H3,(H,43,45)/t33-/m1/s1. The van der Waals surface area contributed by atoms with Gasteiger partial charge in [-0.1, -0.05) is 25.0 Å². The van der Waals surface area contributed by atoms with Crippen LogP contribution in [0.5, 0.6) is 5.75 Å². The van der Waals surface area contributed by atoms with E-state index in [4.69, 9.17) is 20.4 Å². The van der Waals surface area contributed by atoms with Crippen LogP contribution in [0, 0.1) is 0 Å². The van der Waals surface area contributed by atoms with Gasteiger partial charge in [-0.2, -0.15) is 0 Å². The molecule has 3 aliphatic rings. The first kappa shape index (κ1) is 35.1. The van der Waals surface area contributed by atoms with Gasteiger partial charge in [0.25, 0.3) is 0 Å². The Labute approximate surface area is 300 Å². The lowest BCUT2D eigenvalue weighted by atomic mass is 9.89. The number of carbonyl (C=O) groups is 1. The predicted octanol–water partition coefficient (Wildman–Crippen LogP) is 6.32. The number of piperidine rings is 2. The van der Waals surface area contributed by atoms with E-state index >= 15 is 0 Å². The van der Waals surface area contributed by atoms with Crippen LogP contribution in [0.25, 0.3) is 22.3 Å². The van der Waals surface area contributed by atoms with Crippen LogP contribution < -0.4 is 10.6 Å². The molecule has 3 aliphatic heterocycles. The molecule has 0 radical (unpaired) electrons. The molecular formula is C39H53N9O3. The average molecular weight is 696 g/mol. The summed E-state index contributed by atoms with van der Waals surface area (Å²) in [5.74, 6) is 1.40. The highest BCUT2D eigenvalue weighted by atomic mass is 16.6. The number of likely N-dealkylation sites (tertiary alicyclic amines) is 2. The van der Waals surface area contributed by atoms with E-state index in [9.17, 15) is 9.90 Å². The molecular weight excluding hydrogens is 642 g/mol. The third kappa shape index (κ3) is 7.82. The summed E-state index contributed by atoms with van der Waals surface area (Å²) in [6, 6.07) is 9.92. The van der Waals surface area contributed by atoms with Gasteiger partial charge in [-0.25, -0.2) is 14.8 Å². The van der Waals surface area contributed by atoms with Crippen LogP contribution in [-0.4, -0.2) is 97.1 Å². The summed E-state index contributed by atoms with van der Waals surface area (Å²) in [7, 11) is 0. The fourth-order valence-corrected chi connectivity index (χ4v) is 8.23. The number of para-hydroxylation sites is 1. The quantitative estimate of drug-likeness (QED) is 0.170. The van der Waals surface area contributed by atoms with Crippen molar-refractivity contribution in [3.8, 4) is 17.0 Å². The number of nitrogens with one attached hydrogen (secondary N) is 1. The van der Waals surface area contributed by atoms with Crippen LogP contribution in [0.2, 0.25) is 0 Å². The predicted molar refractivity (Wildman–Crippen MR) is 199 cm³/mol. The Morgan fingerprint density at radius 3 is 2.43 bits per heavy atom. The highest BCUT2D eigenvalue weighted by Gasteiger charge is 2.34. The summed E-state index contributed by atoms with van der Waals surface area (Å²) in [4.78, 5) is 33.0. The van der Waals surface area contributed by atoms with Gasteiger partial charge in [0.1, 0.15) is 11.4 Å². The number of benzene rings is 1. The molecule has 0 bridgehead atoms. The molecule has 51 heavy (non-hydrogen) atoms. The van der Waals surface area contributed by atoms with Crippen molar-refractivity contribution in [2.75, 3.05) is 44.2 Å². The SMILES string of the molecule is CC(C)(C)OC(=O)N1CCC(N2CCC(c3cnc(N4CCc5[nH]c6nnc(-c7ccccc7O)cc6c5[C@H]4CCCCCN)nc3)CC2)CC1. The smallest absolute Gasteiger partial charge is 0.410 e. The van der Waals surface area contributed by atoms with Crippen molar-refractivity contribution in [1.82, 2.24) is 34.9 Å². The number of carbonyl (C=O) groups excluding carboxylic acids is 1. The zero-order valence-electron chi connectivity index (χ0n) is 30.4. The van der Waals surface area contributed by atoms with Crippen LogP contribution in [0.3, 0.4) is 0 Å². The number of hydrogen-bond acceptors (Lipinski definition) is 10. The normalized spacial score (nSPS) is 19.4. The second-order valence-corrected chi connectivity index (χ2v) is 15.4. The molecule has 7 rings (SSSR count). The third-order valence-electron chi connectivity index (χ3n) is 10.9. The molecule has 272 valence electrons. The molecule has 0 spiro atoms. The number of aromatic hydroxyl groups is 1. The van der Waals surface area contributed by atoms with Crippen molar-refractivity contribution in [2.24, 2.45) is 5.73 Å². The number of H-pyrrole nitrogens is 1. The van der Waals surface area contributed by atoms with Gasteiger partial charge in [-0.05, 0) is 109 Å². The number of nitrogens with zero attached hydrogens (tertiary/aromatic N) is 7. The first-order chi connectivity index (χ1) is 24.7. The number of fused-ring (bicyclic) bond motifs is 3. The first-order valence-corrected chi connectivity index (χ1v) is 18.9. The summed E-state index contributed by atoms with van der Waals surface area (Å²) in [5.41, 5.74) is 11.1. The van der Waals surface area contributed by atoms with E-state index in [-0.39, 0.29) is 17.9 Å². The van der Waals surface area contributed by atoms with Crippen molar-refractivity contribution >= 4 is 23.1 Å². The monoisotopic (exact) mass is 695 g/mol.